The van der Waals surface area contributed by atoms with Crippen LogP contribution >= 0.6 is 0 Å². The van der Waals surface area contributed by atoms with E-state index in [9.17, 15) is 9.59 Å². The van der Waals surface area contributed by atoms with Crippen LogP contribution in [-0.4, -0.2) is 58.1 Å². The molecule has 9 heteroatoms. The molecule has 2 heterocycles. The summed E-state index contributed by atoms with van der Waals surface area (Å²) in [6.07, 6.45) is 4.30. The number of pyridine rings is 1. The van der Waals surface area contributed by atoms with Gasteiger partial charge in [-0.2, -0.15) is 5.26 Å². The number of hydrogen-bond acceptors (Lipinski definition) is 6. The highest BCUT2D eigenvalue weighted by Gasteiger charge is 2.30. The number of imidazole rings is 1. The lowest BCUT2D eigenvalue weighted by atomic mass is 10.1. The molecular formula is C23H24N6O3. The summed E-state index contributed by atoms with van der Waals surface area (Å²) in [6, 6.07) is 10.5. The molecule has 1 N–H and O–H groups in total. The molecule has 0 aliphatic heterocycles. The van der Waals surface area contributed by atoms with Crippen LogP contribution in [-0.2, 0) is 11.3 Å². The van der Waals surface area contributed by atoms with Crippen LogP contribution in [0, 0.1) is 11.3 Å². The van der Waals surface area contributed by atoms with Crippen LogP contribution in [0.1, 0.15) is 45.5 Å². The van der Waals surface area contributed by atoms with E-state index < -0.39 is 0 Å². The van der Waals surface area contributed by atoms with Gasteiger partial charge in [-0.25, -0.2) is 9.97 Å². The summed E-state index contributed by atoms with van der Waals surface area (Å²) in [6.45, 7) is 1.07. The Morgan fingerprint density at radius 3 is 2.84 bits per heavy atom. The van der Waals surface area contributed by atoms with Crippen LogP contribution in [0.5, 0.6) is 0 Å². The zero-order valence-corrected chi connectivity index (χ0v) is 18.0. The maximum atomic E-state index is 12.8. The molecular weight excluding hydrogens is 408 g/mol. The molecule has 32 heavy (non-hydrogen) atoms. The number of nitrogens with one attached hydrogen (secondary N) is 1. The van der Waals surface area contributed by atoms with E-state index in [1.165, 1.54) is 6.07 Å². The first-order chi connectivity index (χ1) is 15.5. The molecule has 0 atom stereocenters. The number of fused-ring (bicyclic) bond motifs is 1. The van der Waals surface area contributed by atoms with Crippen molar-refractivity contribution in [3.63, 3.8) is 0 Å². The second-order valence-electron chi connectivity index (χ2n) is 7.79. The van der Waals surface area contributed by atoms with E-state index in [1.807, 2.05) is 6.07 Å². The summed E-state index contributed by atoms with van der Waals surface area (Å²) < 4.78 is 6.96. The van der Waals surface area contributed by atoms with Gasteiger partial charge in [0, 0.05) is 45.1 Å². The monoisotopic (exact) mass is 432 g/mol. The molecule has 0 bridgehead atoms. The van der Waals surface area contributed by atoms with Crippen molar-refractivity contribution >= 4 is 28.9 Å². The first-order valence-electron chi connectivity index (χ1n) is 10.5. The Labute approximate surface area is 185 Å². The quantitative estimate of drug-likeness (QED) is 0.548. The predicted molar refractivity (Wildman–Crippen MR) is 118 cm³/mol. The maximum Gasteiger partial charge on any atom is 0.258 e. The fourth-order valence-corrected chi connectivity index (χ4v) is 3.54. The summed E-state index contributed by atoms with van der Waals surface area (Å²) in [4.78, 5) is 36.3. The van der Waals surface area contributed by atoms with Crippen molar-refractivity contribution in [1.82, 2.24) is 19.4 Å². The molecule has 0 unspecified atom stereocenters. The van der Waals surface area contributed by atoms with E-state index in [2.05, 4.69) is 15.3 Å². The largest absolute Gasteiger partial charge is 0.385 e. The van der Waals surface area contributed by atoms with Gasteiger partial charge in [0.05, 0.1) is 17.2 Å². The smallest absolute Gasteiger partial charge is 0.258 e. The Morgan fingerprint density at radius 2 is 2.12 bits per heavy atom. The van der Waals surface area contributed by atoms with Crippen LogP contribution in [0.25, 0.3) is 11.2 Å². The molecule has 0 spiro atoms. The summed E-state index contributed by atoms with van der Waals surface area (Å²) in [7, 11) is 3.43. The van der Waals surface area contributed by atoms with Gasteiger partial charge in [-0.15, -0.1) is 0 Å². The molecule has 0 saturated heterocycles. The average Bonchev–Trinajstić information content (AvgIpc) is 3.61. The number of amides is 2. The number of rotatable bonds is 8. The van der Waals surface area contributed by atoms with E-state index in [1.54, 1.807) is 54.1 Å². The number of ether oxygens (including phenoxy) is 1. The fraction of sp³-hybridized carbons (Fsp3) is 0.348. The van der Waals surface area contributed by atoms with Crippen molar-refractivity contribution in [3.8, 4) is 6.07 Å². The minimum atomic E-state index is -0.379. The molecule has 4 rings (SSSR count). The summed E-state index contributed by atoms with van der Waals surface area (Å²) in [5.74, 6) is -0.138. The van der Waals surface area contributed by atoms with Gasteiger partial charge in [0.2, 0.25) is 5.95 Å². The topological polar surface area (TPSA) is 113 Å². The highest BCUT2D eigenvalue weighted by atomic mass is 16.5. The minimum absolute atomic E-state index is 0.0882. The van der Waals surface area contributed by atoms with Gasteiger partial charge < -0.3 is 9.64 Å². The van der Waals surface area contributed by atoms with E-state index in [4.69, 9.17) is 10.00 Å². The van der Waals surface area contributed by atoms with Gasteiger partial charge in [0.25, 0.3) is 11.8 Å². The third-order valence-corrected chi connectivity index (χ3v) is 5.46. The van der Waals surface area contributed by atoms with Crippen LogP contribution in [0.3, 0.4) is 0 Å². The minimum Gasteiger partial charge on any atom is -0.385 e. The highest BCUT2D eigenvalue weighted by Crippen LogP contribution is 2.27. The number of aryl methyl sites for hydroxylation is 1. The molecule has 1 aliphatic carbocycles. The molecule has 9 nitrogen and oxygen atoms in total. The third-order valence-electron chi connectivity index (χ3n) is 5.46. The number of hydrogen-bond donors (Lipinski definition) is 1. The van der Waals surface area contributed by atoms with Crippen molar-refractivity contribution in [1.29, 1.82) is 5.26 Å². The Balaban J connectivity index is 1.65. The number of aromatic nitrogens is 3. The van der Waals surface area contributed by atoms with E-state index in [0.717, 1.165) is 12.8 Å². The maximum absolute atomic E-state index is 12.8. The lowest BCUT2D eigenvalue weighted by Gasteiger charge is -2.15. The van der Waals surface area contributed by atoms with Crippen LogP contribution in [0.4, 0.5) is 5.95 Å². The molecule has 0 radical (unpaired) electrons. The number of methoxy groups -OCH3 is 1. The molecule has 3 aromatic rings. The number of benzene rings is 1. The second kappa shape index (κ2) is 9.16. The van der Waals surface area contributed by atoms with Crippen molar-refractivity contribution in [2.75, 3.05) is 26.1 Å². The Morgan fingerprint density at radius 1 is 1.31 bits per heavy atom. The number of nitriles is 1. The standard InChI is InChI=1S/C23H24N6O3/c1-28(18-7-8-18)22(31)17-12-19-20(25-14-17)29(9-4-10-32-2)23(26-19)27-21(30)16-6-3-5-15(11-16)13-24/h3,5-6,11-12,14,18H,4,7-10H2,1-2H3,(H,26,27,30). The van der Waals surface area contributed by atoms with Crippen LogP contribution in [0.15, 0.2) is 36.5 Å². The SMILES string of the molecule is COCCCn1c(NC(=O)c2cccc(C#N)c2)nc2cc(C(=O)N(C)C3CC3)cnc21. The molecule has 1 aliphatic rings. The Hall–Kier alpha value is -3.77. The van der Waals surface area contributed by atoms with Crippen LogP contribution in [0.2, 0.25) is 0 Å². The molecule has 1 saturated carbocycles. The number of carbonyl (C=O) groups is 2. The van der Waals surface area contributed by atoms with Gasteiger partial charge in [-0.3, -0.25) is 19.5 Å². The average molecular weight is 432 g/mol. The van der Waals surface area contributed by atoms with Crippen molar-refractivity contribution in [2.45, 2.75) is 31.8 Å². The first kappa shape index (κ1) is 21.5. The summed E-state index contributed by atoms with van der Waals surface area (Å²) in [5, 5.41) is 11.9. The van der Waals surface area contributed by atoms with Gasteiger partial charge in [-0.1, -0.05) is 6.07 Å². The van der Waals surface area contributed by atoms with Crippen molar-refractivity contribution < 1.29 is 14.3 Å². The fourth-order valence-electron chi connectivity index (χ4n) is 3.54. The molecule has 2 amide bonds. The van der Waals surface area contributed by atoms with E-state index in [0.29, 0.717) is 59.4 Å². The highest BCUT2D eigenvalue weighted by molar-refractivity contribution is 6.04. The van der Waals surface area contributed by atoms with Gasteiger partial charge in [0.1, 0.15) is 5.52 Å². The van der Waals surface area contributed by atoms with Crippen molar-refractivity contribution in [2.24, 2.45) is 0 Å². The van der Waals surface area contributed by atoms with Gasteiger partial charge in [0.15, 0.2) is 5.65 Å². The van der Waals surface area contributed by atoms with Gasteiger partial charge in [-0.05, 0) is 43.5 Å². The normalized spacial score (nSPS) is 13.0. The van der Waals surface area contributed by atoms with Crippen LogP contribution < -0.4 is 5.32 Å². The summed E-state index contributed by atoms with van der Waals surface area (Å²) >= 11 is 0. The zero-order valence-electron chi connectivity index (χ0n) is 18.0. The zero-order chi connectivity index (χ0) is 22.7. The predicted octanol–water partition coefficient (Wildman–Crippen LogP) is 2.83. The Bertz CT molecular complexity index is 1210. The third kappa shape index (κ3) is 4.45. The first-order valence-corrected chi connectivity index (χ1v) is 10.5. The molecule has 1 aromatic carbocycles. The lowest BCUT2D eigenvalue weighted by molar-refractivity contribution is 0.0784. The Kier molecular flexibility index (Phi) is 6.14. The number of anilines is 1. The second-order valence-corrected chi connectivity index (χ2v) is 7.79. The lowest BCUT2D eigenvalue weighted by Crippen LogP contribution is -2.28. The summed E-state index contributed by atoms with van der Waals surface area (Å²) in [5.41, 5.74) is 2.32. The van der Waals surface area contributed by atoms with E-state index >= 15 is 0 Å². The molecule has 1 fully saturated rings. The van der Waals surface area contributed by atoms with Crippen molar-refractivity contribution in [3.05, 3.63) is 53.2 Å². The van der Waals surface area contributed by atoms with Gasteiger partial charge >= 0.3 is 0 Å². The molecule has 2 aromatic heterocycles. The number of carbonyl (C=O) groups excluding carboxylic acids is 2. The number of nitrogens with zero attached hydrogens (tertiary/aromatic N) is 5. The molecule has 164 valence electrons. The van der Waals surface area contributed by atoms with E-state index in [-0.39, 0.29) is 11.8 Å².